The Labute approximate surface area is 471 Å². The van der Waals surface area contributed by atoms with Gasteiger partial charge in [0.15, 0.2) is 18.3 Å². The molecule has 0 aromatic heterocycles. The van der Waals surface area contributed by atoms with Crippen molar-refractivity contribution in [1.29, 1.82) is 0 Å². The maximum absolute atomic E-state index is 13.3. The first-order valence-electron chi connectivity index (χ1n) is 26.4. The summed E-state index contributed by atoms with van der Waals surface area (Å²) in [5, 5.41) is 96.0. The molecule has 1 heterocycles. The zero-order chi connectivity index (χ0) is 60.4. The number of rotatable bonds is 43. The third kappa shape index (κ3) is 28.6. The second-order valence-corrected chi connectivity index (χ2v) is 18.5. The smallest absolute Gasteiger partial charge is 0.408 e. The van der Waals surface area contributed by atoms with Crippen molar-refractivity contribution in [3.63, 3.8) is 0 Å². The molecule has 1 fully saturated rings. The number of nitro benzene ring substituents is 1. The van der Waals surface area contributed by atoms with E-state index in [0.29, 0.717) is 115 Å². The molecule has 2 rings (SSSR count). The number of nitrogens with two attached hydrogens (primary N) is 3. The van der Waals surface area contributed by atoms with Gasteiger partial charge < -0.3 is 102 Å². The van der Waals surface area contributed by atoms with Crippen LogP contribution in [0.2, 0.25) is 0 Å². The molecule has 30 nitrogen and oxygen atoms in total. The number of benzene rings is 1. The van der Waals surface area contributed by atoms with Crippen LogP contribution in [0.5, 0.6) is 5.75 Å². The number of amidine groups is 1. The zero-order valence-electron chi connectivity index (χ0n) is 46.6. The van der Waals surface area contributed by atoms with E-state index >= 15 is 0 Å². The minimum absolute atomic E-state index is 0.129. The van der Waals surface area contributed by atoms with Gasteiger partial charge in [-0.1, -0.05) is 25.3 Å². The Bertz CT molecular complexity index is 2190. The molecule has 460 valence electrons. The molecule has 30 heteroatoms. The summed E-state index contributed by atoms with van der Waals surface area (Å²) in [4.78, 5) is 52.5. The maximum Gasteiger partial charge on any atom is 0.408 e. The van der Waals surface area contributed by atoms with Gasteiger partial charge in [-0.2, -0.15) is 0 Å². The number of hydrazine groups is 1. The molecular formula is C51H87N11O19. The predicted molar refractivity (Wildman–Crippen MR) is 294 cm³/mol. The first-order chi connectivity index (χ1) is 38.5. The van der Waals surface area contributed by atoms with Crippen molar-refractivity contribution in [2.45, 2.75) is 127 Å². The van der Waals surface area contributed by atoms with Crippen LogP contribution in [0.25, 0.3) is 0 Å². The highest BCUT2D eigenvalue weighted by Gasteiger charge is 2.37. The molecule has 1 aliphatic heterocycles. The largest absolute Gasteiger partial charge is 0.455 e. The van der Waals surface area contributed by atoms with Crippen molar-refractivity contribution < 1.29 is 88.2 Å². The second-order valence-electron chi connectivity index (χ2n) is 18.5. The zero-order valence-corrected chi connectivity index (χ0v) is 46.6. The molecule has 0 aliphatic carbocycles. The van der Waals surface area contributed by atoms with E-state index in [1.54, 1.807) is 20.0 Å². The van der Waals surface area contributed by atoms with Gasteiger partial charge in [0, 0.05) is 61.8 Å². The summed E-state index contributed by atoms with van der Waals surface area (Å²) in [6.07, 6.45) is -7.93. The van der Waals surface area contributed by atoms with Crippen LogP contribution >= 0.6 is 0 Å². The van der Waals surface area contributed by atoms with Crippen LogP contribution in [-0.2, 0) is 38.0 Å². The number of hydrogen-bond acceptors (Lipinski definition) is 25. The molecule has 0 radical (unpaired) electrons. The van der Waals surface area contributed by atoms with E-state index in [1.807, 2.05) is 5.01 Å². The van der Waals surface area contributed by atoms with Gasteiger partial charge in [-0.05, 0) is 78.0 Å². The lowest BCUT2D eigenvalue weighted by Crippen LogP contribution is -2.54. The summed E-state index contributed by atoms with van der Waals surface area (Å²) in [5.41, 5.74) is 20.7. The lowest BCUT2D eigenvalue weighted by atomic mass is 10.00. The van der Waals surface area contributed by atoms with Crippen molar-refractivity contribution >= 4 is 29.4 Å². The topological polar surface area (TPSA) is 454 Å². The van der Waals surface area contributed by atoms with Crippen molar-refractivity contribution in [1.82, 2.24) is 31.7 Å². The van der Waals surface area contributed by atoms with E-state index in [4.69, 9.17) is 50.4 Å². The van der Waals surface area contributed by atoms with Crippen molar-refractivity contribution in [2.75, 3.05) is 86.0 Å². The monoisotopic (exact) mass is 1160 g/mol. The number of nitrogens with zero attached hydrogens (tertiary/aromatic N) is 3. The third-order valence-corrected chi connectivity index (χ3v) is 12.2. The number of aliphatic hydroxyl groups excluding tert-OH is 7. The minimum Gasteiger partial charge on any atom is -0.455 e. The number of ether oxygens (including phenoxy) is 7. The first kappa shape index (κ1) is 71.2. The summed E-state index contributed by atoms with van der Waals surface area (Å²) in [6.45, 7) is 14.6. The van der Waals surface area contributed by atoms with E-state index in [2.05, 4.69) is 44.8 Å². The second kappa shape index (κ2) is 39.5. The fraction of sp³-hybridized carbons (Fsp3) is 0.647. The van der Waals surface area contributed by atoms with Gasteiger partial charge in [-0.15, -0.1) is 0 Å². The van der Waals surface area contributed by atoms with Crippen molar-refractivity contribution in [2.24, 2.45) is 22.2 Å². The third-order valence-electron chi connectivity index (χ3n) is 12.2. The highest BCUT2D eigenvalue weighted by atomic mass is 16.7. The van der Waals surface area contributed by atoms with Crippen LogP contribution < -0.4 is 48.6 Å². The quantitative estimate of drug-likeness (QED) is 0.00645. The Balaban J connectivity index is 1.73. The Kier molecular flexibility index (Phi) is 34.7. The Morgan fingerprint density at radius 3 is 2.27 bits per heavy atom. The van der Waals surface area contributed by atoms with Gasteiger partial charge in [0.2, 0.25) is 12.2 Å². The molecule has 1 aromatic carbocycles. The normalized spacial score (nSPS) is 19.2. The molecule has 1 saturated heterocycles. The van der Waals surface area contributed by atoms with Crippen LogP contribution in [0.1, 0.15) is 77.4 Å². The molecule has 3 amide bonds. The lowest BCUT2D eigenvalue weighted by molar-refractivity contribution is -0.387. The number of hydrogen-bond donors (Lipinski definition) is 15. The van der Waals surface area contributed by atoms with Gasteiger partial charge in [-0.25, -0.2) is 14.8 Å². The summed E-state index contributed by atoms with van der Waals surface area (Å²) in [5.74, 6) is -1.60. The van der Waals surface area contributed by atoms with Crippen LogP contribution in [-0.4, -0.2) is 211 Å². The molecule has 10 atom stereocenters. The van der Waals surface area contributed by atoms with Crippen molar-refractivity contribution in [3.8, 4) is 5.75 Å². The Hall–Kier alpha value is -5.94. The van der Waals surface area contributed by atoms with E-state index in [1.165, 1.54) is 26.1 Å². The number of nitrogens with one attached hydrogen (secondary N) is 5. The van der Waals surface area contributed by atoms with Crippen LogP contribution in [0.4, 0.5) is 10.5 Å². The van der Waals surface area contributed by atoms with Crippen LogP contribution in [0.3, 0.4) is 0 Å². The predicted octanol–water partition coefficient (Wildman–Crippen LogP) is -1.91. The van der Waals surface area contributed by atoms with Crippen molar-refractivity contribution in [3.05, 3.63) is 81.9 Å². The minimum atomic E-state index is -1.86. The molecule has 1 aliphatic rings. The SMILES string of the molecule is C=C(CC/C(=C\C)C(=O)NCCCC(O)NCCOCCOCCOCCN(CCC[C@H](OC(=O)NC1CC(O)OC(C)C1O)c1ccc(O[C@H](OC(O)CO)C(O)C(C)O)c([N+](=O)[O-])c1)NC)NC/C(N)=C/N=C(N)C(=C)C(N)=O. The highest BCUT2D eigenvalue weighted by Crippen LogP contribution is 2.35. The number of primary amides is 1. The number of aliphatic imine (C=N–C) groups is 1. The molecule has 0 saturated carbocycles. The standard InChI is InChI=1S/C51H87N11O19/c1-7-35(13-12-31(2)58-28-37(52)29-59-47(53)32(3)48(54)70)49(71)57-16-8-11-42(65)56-17-20-75-22-24-77-25-23-76-21-19-61(55-6)18-9-10-40(80-51(72)60-38-27-43(66)78-34(5)46(38)69)36-14-15-41(39(26-36)62(73)74)79-50(45(68)33(4)64)81-44(67)30-63/h7,14-15,26,29,33-34,38,40,42-46,50,55-56,58,63-69H,2-3,8-13,16-25,27-28,30,52H2,1,4-6H3,(H2,53,59)(H2,54,70)(H,57,71)(H,60,72)/b35-7+,37-29-/t33?,34?,38?,40-,42?,43?,44?,45?,46?,50+/m0/s1. The van der Waals surface area contributed by atoms with Gasteiger partial charge in [0.1, 0.15) is 30.4 Å². The lowest BCUT2D eigenvalue weighted by Gasteiger charge is -2.36. The van der Waals surface area contributed by atoms with E-state index in [0.717, 1.165) is 12.1 Å². The number of nitro groups is 1. The molecular weight excluding hydrogens is 1070 g/mol. The van der Waals surface area contributed by atoms with Gasteiger partial charge in [0.25, 0.3) is 5.91 Å². The Morgan fingerprint density at radius 1 is 0.963 bits per heavy atom. The van der Waals surface area contributed by atoms with Gasteiger partial charge in [-0.3, -0.25) is 30.4 Å². The van der Waals surface area contributed by atoms with E-state index < -0.39 is 96.6 Å². The average molecular weight is 1160 g/mol. The first-order valence-corrected chi connectivity index (χ1v) is 26.4. The Morgan fingerprint density at radius 2 is 1.64 bits per heavy atom. The molecule has 81 heavy (non-hydrogen) atoms. The summed E-state index contributed by atoms with van der Waals surface area (Å²) in [6, 6.07) is 2.68. The van der Waals surface area contributed by atoms with Crippen LogP contribution in [0, 0.1) is 10.1 Å². The van der Waals surface area contributed by atoms with Gasteiger partial charge in [0.05, 0.1) is 81.5 Å². The maximum atomic E-state index is 13.3. The number of allylic oxidation sites excluding steroid dienone is 2. The fourth-order valence-corrected chi connectivity index (χ4v) is 7.45. The summed E-state index contributed by atoms with van der Waals surface area (Å²) < 4.78 is 38.5. The fourth-order valence-electron chi connectivity index (χ4n) is 7.45. The summed E-state index contributed by atoms with van der Waals surface area (Å²) in [7, 11) is 1.71. The molecule has 18 N–H and O–H groups in total. The molecule has 0 spiro atoms. The number of carbonyl (C=O) groups is 3. The number of amides is 3. The molecule has 8 unspecified atom stereocenters. The van der Waals surface area contributed by atoms with E-state index in [-0.39, 0.29) is 42.3 Å². The van der Waals surface area contributed by atoms with E-state index in [9.17, 15) is 60.2 Å². The number of alkyl carbamates (subject to hydrolysis) is 1. The molecule has 1 aromatic rings. The number of aliphatic hydroxyl groups is 7. The average Bonchev–Trinajstić information content (AvgIpc) is 3.43. The highest BCUT2D eigenvalue weighted by molar-refractivity contribution is 6.19. The van der Waals surface area contributed by atoms with Gasteiger partial charge >= 0.3 is 11.8 Å². The summed E-state index contributed by atoms with van der Waals surface area (Å²) >= 11 is 0. The van der Waals surface area contributed by atoms with Crippen LogP contribution in [0.15, 0.2) is 71.2 Å². The number of carbonyl (C=O) groups excluding carboxylic acids is 3. The molecule has 0 bridgehead atoms.